The van der Waals surface area contributed by atoms with Crippen LogP contribution in [0.4, 0.5) is 23.7 Å². The number of esters is 1. The van der Waals surface area contributed by atoms with Crippen molar-refractivity contribution in [2.75, 3.05) is 25.5 Å². The maximum Gasteiger partial charge on any atom is 0.418 e. The number of anilines is 1. The zero-order valence-electron chi connectivity index (χ0n) is 11.5. The van der Waals surface area contributed by atoms with Gasteiger partial charge < -0.3 is 15.0 Å². The van der Waals surface area contributed by atoms with Crippen LogP contribution in [0, 0.1) is 0 Å². The minimum atomic E-state index is -4.58. The van der Waals surface area contributed by atoms with Gasteiger partial charge in [0.1, 0.15) is 6.54 Å². The van der Waals surface area contributed by atoms with Crippen LogP contribution in [0.25, 0.3) is 0 Å². The third kappa shape index (κ3) is 4.97. The van der Waals surface area contributed by atoms with E-state index in [4.69, 9.17) is 0 Å². The Balaban J connectivity index is 2.78. The second-order valence-electron chi connectivity index (χ2n) is 4.13. The van der Waals surface area contributed by atoms with E-state index in [-0.39, 0.29) is 18.8 Å². The molecule has 1 aromatic carbocycles. The molecule has 0 heterocycles. The number of ether oxygens (including phenoxy) is 1. The predicted molar refractivity (Wildman–Crippen MR) is 69.7 cm³/mol. The van der Waals surface area contributed by atoms with E-state index in [1.807, 2.05) is 0 Å². The van der Waals surface area contributed by atoms with E-state index in [0.29, 0.717) is 0 Å². The van der Waals surface area contributed by atoms with Crippen molar-refractivity contribution in [3.63, 3.8) is 0 Å². The summed E-state index contributed by atoms with van der Waals surface area (Å²) >= 11 is 0. The summed E-state index contributed by atoms with van der Waals surface area (Å²) in [5.41, 5.74) is -1.33. The smallest absolute Gasteiger partial charge is 0.418 e. The van der Waals surface area contributed by atoms with Crippen LogP contribution >= 0.6 is 0 Å². The SMILES string of the molecule is CCOC(=O)CN(C)C(=O)Nc1ccccc1C(F)(F)F. The Hall–Kier alpha value is -2.25. The van der Waals surface area contributed by atoms with Gasteiger partial charge in [0.2, 0.25) is 0 Å². The first-order chi connectivity index (χ1) is 9.75. The standard InChI is InChI=1S/C13H15F3N2O3/c1-3-21-11(19)8-18(2)12(20)17-10-7-5-4-6-9(10)13(14,15)16/h4-7H,3,8H2,1-2H3,(H,17,20). The van der Waals surface area contributed by atoms with E-state index in [1.165, 1.54) is 19.2 Å². The Morgan fingerprint density at radius 3 is 2.48 bits per heavy atom. The summed E-state index contributed by atoms with van der Waals surface area (Å²) in [6.45, 7) is 1.41. The summed E-state index contributed by atoms with van der Waals surface area (Å²) in [4.78, 5) is 23.9. The highest BCUT2D eigenvalue weighted by Gasteiger charge is 2.33. The number of carbonyl (C=O) groups is 2. The number of carbonyl (C=O) groups excluding carboxylic acids is 2. The highest BCUT2D eigenvalue weighted by atomic mass is 19.4. The molecule has 0 saturated carbocycles. The number of halogens is 3. The normalized spacial score (nSPS) is 10.9. The molecular weight excluding hydrogens is 289 g/mol. The lowest BCUT2D eigenvalue weighted by molar-refractivity contribution is -0.143. The van der Waals surface area contributed by atoms with E-state index in [0.717, 1.165) is 17.0 Å². The molecule has 0 aliphatic rings. The molecule has 1 aromatic rings. The van der Waals surface area contributed by atoms with Crippen molar-refractivity contribution in [3.05, 3.63) is 29.8 Å². The highest BCUT2D eigenvalue weighted by Crippen LogP contribution is 2.34. The predicted octanol–water partition coefficient (Wildman–Crippen LogP) is 2.73. The van der Waals surface area contributed by atoms with E-state index >= 15 is 0 Å². The Morgan fingerprint density at radius 2 is 1.90 bits per heavy atom. The largest absolute Gasteiger partial charge is 0.465 e. The van der Waals surface area contributed by atoms with Gasteiger partial charge in [-0.15, -0.1) is 0 Å². The molecule has 0 aromatic heterocycles. The first kappa shape index (κ1) is 16.8. The van der Waals surface area contributed by atoms with Crippen LogP contribution in [-0.2, 0) is 15.7 Å². The zero-order valence-corrected chi connectivity index (χ0v) is 11.5. The summed E-state index contributed by atoms with van der Waals surface area (Å²) in [5, 5.41) is 2.12. The van der Waals surface area contributed by atoms with Crippen LogP contribution in [0.5, 0.6) is 0 Å². The van der Waals surface area contributed by atoms with Crippen molar-refractivity contribution in [2.24, 2.45) is 0 Å². The number of benzene rings is 1. The number of amides is 2. The number of hydrogen-bond donors (Lipinski definition) is 1. The number of hydrogen-bond acceptors (Lipinski definition) is 3. The first-order valence-corrected chi connectivity index (χ1v) is 6.09. The van der Waals surface area contributed by atoms with Gasteiger partial charge in [-0.1, -0.05) is 12.1 Å². The molecule has 0 fully saturated rings. The maximum atomic E-state index is 12.8. The van der Waals surface area contributed by atoms with Crippen molar-refractivity contribution in [3.8, 4) is 0 Å². The zero-order chi connectivity index (χ0) is 16.0. The number of likely N-dealkylation sites (N-methyl/N-ethyl adjacent to an activating group) is 1. The number of alkyl halides is 3. The average molecular weight is 304 g/mol. The summed E-state index contributed by atoms with van der Waals surface area (Å²) in [7, 11) is 1.28. The van der Waals surface area contributed by atoms with Gasteiger partial charge in [0, 0.05) is 7.05 Å². The van der Waals surface area contributed by atoms with E-state index in [1.54, 1.807) is 6.92 Å². The molecule has 1 N–H and O–H groups in total. The van der Waals surface area contributed by atoms with Crippen LogP contribution in [0.2, 0.25) is 0 Å². The van der Waals surface area contributed by atoms with E-state index < -0.39 is 23.7 Å². The quantitative estimate of drug-likeness (QED) is 0.870. The Morgan fingerprint density at radius 1 is 1.29 bits per heavy atom. The monoisotopic (exact) mass is 304 g/mol. The molecule has 0 aliphatic heterocycles. The number of rotatable bonds is 4. The summed E-state index contributed by atoms with van der Waals surface area (Å²) in [6.07, 6.45) is -4.58. The Labute approximate surface area is 119 Å². The van der Waals surface area contributed by atoms with Gasteiger partial charge in [0.15, 0.2) is 0 Å². The van der Waals surface area contributed by atoms with Crippen LogP contribution in [0.1, 0.15) is 12.5 Å². The second-order valence-corrected chi connectivity index (χ2v) is 4.13. The number of para-hydroxylation sites is 1. The van der Waals surface area contributed by atoms with Gasteiger partial charge in [-0.3, -0.25) is 4.79 Å². The van der Waals surface area contributed by atoms with Crippen molar-refractivity contribution in [2.45, 2.75) is 13.1 Å². The molecule has 0 spiro atoms. The van der Waals surface area contributed by atoms with Crippen molar-refractivity contribution in [1.82, 2.24) is 4.90 Å². The van der Waals surface area contributed by atoms with Gasteiger partial charge in [0.25, 0.3) is 0 Å². The second kappa shape index (κ2) is 6.96. The summed E-state index contributed by atoms with van der Waals surface area (Å²) in [5.74, 6) is -0.640. The fourth-order valence-corrected chi connectivity index (χ4v) is 1.52. The minimum Gasteiger partial charge on any atom is -0.465 e. The average Bonchev–Trinajstić information content (AvgIpc) is 2.38. The lowest BCUT2D eigenvalue weighted by Gasteiger charge is -2.19. The van der Waals surface area contributed by atoms with Crippen molar-refractivity contribution in [1.29, 1.82) is 0 Å². The lowest BCUT2D eigenvalue weighted by atomic mass is 10.1. The van der Waals surface area contributed by atoms with Gasteiger partial charge in [-0.25, -0.2) is 4.79 Å². The molecular formula is C13H15F3N2O3. The topological polar surface area (TPSA) is 58.6 Å². The van der Waals surface area contributed by atoms with Crippen LogP contribution in [-0.4, -0.2) is 37.1 Å². The molecule has 5 nitrogen and oxygen atoms in total. The highest BCUT2D eigenvalue weighted by molar-refractivity contribution is 5.92. The Bertz CT molecular complexity index is 518. The number of urea groups is 1. The van der Waals surface area contributed by atoms with Crippen molar-refractivity contribution < 1.29 is 27.5 Å². The summed E-state index contributed by atoms with van der Waals surface area (Å²) < 4.78 is 43.0. The molecule has 21 heavy (non-hydrogen) atoms. The van der Waals surface area contributed by atoms with Gasteiger partial charge in [-0.2, -0.15) is 13.2 Å². The maximum absolute atomic E-state index is 12.8. The molecule has 0 unspecified atom stereocenters. The van der Waals surface area contributed by atoms with Crippen LogP contribution < -0.4 is 5.32 Å². The molecule has 2 amide bonds. The molecule has 8 heteroatoms. The molecule has 0 aliphatic carbocycles. The van der Waals surface area contributed by atoms with Gasteiger partial charge in [-0.05, 0) is 19.1 Å². The fraction of sp³-hybridized carbons (Fsp3) is 0.385. The Kier molecular flexibility index (Phi) is 5.57. The number of nitrogens with zero attached hydrogens (tertiary/aromatic N) is 1. The minimum absolute atomic E-state index is 0.158. The molecule has 1 rings (SSSR count). The number of nitrogens with one attached hydrogen (secondary N) is 1. The first-order valence-electron chi connectivity index (χ1n) is 6.09. The van der Waals surface area contributed by atoms with Crippen molar-refractivity contribution >= 4 is 17.7 Å². The lowest BCUT2D eigenvalue weighted by Crippen LogP contribution is -2.36. The molecule has 0 saturated heterocycles. The molecule has 116 valence electrons. The van der Waals surface area contributed by atoms with E-state index in [9.17, 15) is 22.8 Å². The fourth-order valence-electron chi connectivity index (χ4n) is 1.52. The summed E-state index contributed by atoms with van der Waals surface area (Å²) in [6, 6.07) is 3.76. The third-order valence-electron chi connectivity index (χ3n) is 2.49. The molecule has 0 bridgehead atoms. The van der Waals surface area contributed by atoms with Crippen LogP contribution in [0.15, 0.2) is 24.3 Å². The van der Waals surface area contributed by atoms with E-state index in [2.05, 4.69) is 10.1 Å². The van der Waals surface area contributed by atoms with Gasteiger partial charge >= 0.3 is 18.2 Å². The molecule has 0 radical (unpaired) electrons. The molecule has 0 atom stereocenters. The third-order valence-corrected chi connectivity index (χ3v) is 2.49. The van der Waals surface area contributed by atoms with Crippen LogP contribution in [0.3, 0.4) is 0 Å². The van der Waals surface area contributed by atoms with Gasteiger partial charge in [0.05, 0.1) is 17.9 Å².